The fourth-order valence-electron chi connectivity index (χ4n) is 1.65. The Morgan fingerprint density at radius 2 is 1.74 bits per heavy atom. The lowest BCUT2D eigenvalue weighted by Crippen LogP contribution is -1.95. The lowest BCUT2D eigenvalue weighted by molar-refractivity contribution is 0.104. The molecule has 2 rings (SSSR count). The first-order valence-electron chi connectivity index (χ1n) is 5.96. The summed E-state index contributed by atoms with van der Waals surface area (Å²) in [6.07, 6.45) is 3.38. The molecule has 0 amide bonds. The Morgan fingerprint density at radius 3 is 2.37 bits per heavy atom. The monoisotopic (exact) mass is 253 g/mol. The minimum Gasteiger partial charge on any atom is -0.289 e. The Hall–Kier alpha value is -2.39. The van der Waals surface area contributed by atoms with Crippen LogP contribution in [0.2, 0.25) is 0 Å². The van der Waals surface area contributed by atoms with Crippen molar-refractivity contribution in [2.75, 3.05) is 12.6 Å². The standard InChI is InChI=1S/C16H15NO2/c1-19-17-15-10-7-13(8-11-15)9-12-16(18)14-5-3-2-4-6-14/h2-12,17H,1H3. The molecule has 3 nitrogen and oxygen atoms in total. The van der Waals surface area contributed by atoms with E-state index in [9.17, 15) is 4.79 Å². The van der Waals surface area contributed by atoms with Crippen molar-refractivity contribution in [1.82, 2.24) is 0 Å². The first kappa shape index (κ1) is 13.1. The fraction of sp³-hybridized carbons (Fsp3) is 0.0625. The molecule has 0 saturated carbocycles. The molecule has 0 aliphatic heterocycles. The van der Waals surface area contributed by atoms with Gasteiger partial charge in [-0.3, -0.25) is 15.1 Å². The minimum atomic E-state index is -0.000284. The molecule has 0 bridgehead atoms. The van der Waals surface area contributed by atoms with Gasteiger partial charge in [0.05, 0.1) is 12.8 Å². The Labute approximate surface area is 112 Å². The van der Waals surface area contributed by atoms with Crippen molar-refractivity contribution in [3.05, 3.63) is 71.8 Å². The van der Waals surface area contributed by atoms with Crippen LogP contribution in [-0.4, -0.2) is 12.9 Å². The van der Waals surface area contributed by atoms with Gasteiger partial charge in [-0.1, -0.05) is 48.5 Å². The minimum absolute atomic E-state index is 0.000284. The number of carbonyl (C=O) groups is 1. The molecule has 0 saturated heterocycles. The zero-order valence-corrected chi connectivity index (χ0v) is 10.7. The van der Waals surface area contributed by atoms with E-state index in [4.69, 9.17) is 4.84 Å². The average molecular weight is 253 g/mol. The summed E-state index contributed by atoms with van der Waals surface area (Å²) >= 11 is 0. The quantitative estimate of drug-likeness (QED) is 0.503. The summed E-state index contributed by atoms with van der Waals surface area (Å²) in [4.78, 5) is 16.7. The van der Waals surface area contributed by atoms with Gasteiger partial charge in [-0.2, -0.15) is 0 Å². The highest BCUT2D eigenvalue weighted by Crippen LogP contribution is 2.11. The van der Waals surface area contributed by atoms with E-state index in [1.54, 1.807) is 31.4 Å². The van der Waals surface area contributed by atoms with Gasteiger partial charge in [0.1, 0.15) is 0 Å². The fourth-order valence-corrected chi connectivity index (χ4v) is 1.65. The van der Waals surface area contributed by atoms with Crippen molar-refractivity contribution in [3.8, 4) is 0 Å². The van der Waals surface area contributed by atoms with Gasteiger partial charge in [-0.15, -0.1) is 0 Å². The highest BCUT2D eigenvalue weighted by molar-refractivity contribution is 6.06. The highest BCUT2D eigenvalue weighted by Gasteiger charge is 1.99. The Bertz CT molecular complexity index is 559. The van der Waals surface area contributed by atoms with E-state index >= 15 is 0 Å². The molecule has 2 aromatic rings. The van der Waals surface area contributed by atoms with Crippen LogP contribution in [0.1, 0.15) is 15.9 Å². The van der Waals surface area contributed by atoms with Gasteiger partial charge in [-0.25, -0.2) is 0 Å². The zero-order chi connectivity index (χ0) is 13.5. The molecule has 19 heavy (non-hydrogen) atoms. The molecule has 0 aliphatic rings. The number of hydrogen-bond donors (Lipinski definition) is 1. The summed E-state index contributed by atoms with van der Waals surface area (Å²) in [5.74, 6) is -0.000284. The first-order chi connectivity index (χ1) is 9.29. The SMILES string of the molecule is CONc1ccc(C=CC(=O)c2ccccc2)cc1. The first-order valence-corrected chi connectivity index (χ1v) is 5.96. The predicted molar refractivity (Wildman–Crippen MR) is 76.9 cm³/mol. The van der Waals surface area contributed by atoms with E-state index in [2.05, 4.69) is 5.48 Å². The van der Waals surface area contributed by atoms with E-state index in [0.717, 1.165) is 11.3 Å². The molecule has 0 radical (unpaired) electrons. The Balaban J connectivity index is 2.04. The van der Waals surface area contributed by atoms with Crippen molar-refractivity contribution in [2.45, 2.75) is 0 Å². The Kier molecular flexibility index (Phi) is 4.48. The lowest BCUT2D eigenvalue weighted by atomic mass is 10.1. The third-order valence-corrected chi connectivity index (χ3v) is 2.62. The third-order valence-electron chi connectivity index (χ3n) is 2.62. The van der Waals surface area contributed by atoms with Crippen LogP contribution in [0.3, 0.4) is 0 Å². The number of ketones is 1. The smallest absolute Gasteiger partial charge is 0.185 e. The summed E-state index contributed by atoms with van der Waals surface area (Å²) in [6, 6.07) is 16.8. The molecule has 0 fully saturated rings. The van der Waals surface area contributed by atoms with Crippen molar-refractivity contribution < 1.29 is 9.63 Å². The largest absolute Gasteiger partial charge is 0.289 e. The molecule has 96 valence electrons. The number of rotatable bonds is 5. The van der Waals surface area contributed by atoms with E-state index < -0.39 is 0 Å². The highest BCUT2D eigenvalue weighted by atomic mass is 16.6. The van der Waals surface area contributed by atoms with E-state index in [1.165, 1.54) is 0 Å². The third kappa shape index (κ3) is 3.79. The predicted octanol–water partition coefficient (Wildman–Crippen LogP) is 3.56. The zero-order valence-electron chi connectivity index (χ0n) is 10.7. The van der Waals surface area contributed by atoms with Gasteiger partial charge >= 0.3 is 0 Å². The molecule has 3 heteroatoms. The number of allylic oxidation sites excluding steroid dienone is 1. The summed E-state index contributed by atoms with van der Waals surface area (Å²) in [6.45, 7) is 0. The summed E-state index contributed by atoms with van der Waals surface area (Å²) in [7, 11) is 1.56. The molecule has 0 heterocycles. The Morgan fingerprint density at radius 1 is 1.05 bits per heavy atom. The van der Waals surface area contributed by atoms with E-state index in [1.807, 2.05) is 42.5 Å². The maximum absolute atomic E-state index is 11.9. The van der Waals surface area contributed by atoms with Crippen molar-refractivity contribution in [3.63, 3.8) is 0 Å². The van der Waals surface area contributed by atoms with Gasteiger partial charge in [0.25, 0.3) is 0 Å². The van der Waals surface area contributed by atoms with Crippen LogP contribution in [-0.2, 0) is 4.84 Å². The number of benzene rings is 2. The second-order valence-electron chi connectivity index (χ2n) is 3.99. The van der Waals surface area contributed by atoms with Crippen LogP contribution in [0.25, 0.3) is 6.08 Å². The van der Waals surface area contributed by atoms with Crippen LogP contribution in [0.4, 0.5) is 5.69 Å². The molecular formula is C16H15NO2. The van der Waals surface area contributed by atoms with Gasteiger partial charge in [0, 0.05) is 5.56 Å². The number of hydrogen-bond acceptors (Lipinski definition) is 3. The second-order valence-corrected chi connectivity index (χ2v) is 3.99. The molecule has 0 unspecified atom stereocenters. The van der Waals surface area contributed by atoms with Gasteiger partial charge in [0.2, 0.25) is 0 Å². The van der Waals surface area contributed by atoms with Gasteiger partial charge < -0.3 is 0 Å². The molecule has 0 aromatic heterocycles. The van der Waals surface area contributed by atoms with Crippen LogP contribution < -0.4 is 5.48 Å². The van der Waals surface area contributed by atoms with Crippen LogP contribution in [0.15, 0.2) is 60.7 Å². The summed E-state index contributed by atoms with van der Waals surface area (Å²) in [5.41, 5.74) is 5.26. The van der Waals surface area contributed by atoms with Gasteiger partial charge in [0.15, 0.2) is 5.78 Å². The molecular weight excluding hydrogens is 238 g/mol. The molecule has 0 atom stereocenters. The van der Waals surface area contributed by atoms with Crippen molar-refractivity contribution in [1.29, 1.82) is 0 Å². The number of anilines is 1. The molecule has 0 spiro atoms. The van der Waals surface area contributed by atoms with Crippen molar-refractivity contribution in [2.24, 2.45) is 0 Å². The normalized spacial score (nSPS) is 10.6. The average Bonchev–Trinajstić information content (AvgIpc) is 2.47. The van der Waals surface area contributed by atoms with E-state index in [-0.39, 0.29) is 5.78 Å². The topological polar surface area (TPSA) is 38.3 Å². The van der Waals surface area contributed by atoms with Crippen molar-refractivity contribution >= 4 is 17.5 Å². The van der Waals surface area contributed by atoms with Gasteiger partial charge in [-0.05, 0) is 23.8 Å². The summed E-state index contributed by atoms with van der Waals surface area (Å²) < 4.78 is 0. The van der Waals surface area contributed by atoms with Crippen LogP contribution >= 0.6 is 0 Å². The summed E-state index contributed by atoms with van der Waals surface area (Å²) in [5, 5.41) is 0. The van der Waals surface area contributed by atoms with Crippen LogP contribution in [0.5, 0.6) is 0 Å². The molecule has 1 N–H and O–H groups in total. The van der Waals surface area contributed by atoms with E-state index in [0.29, 0.717) is 5.56 Å². The van der Waals surface area contributed by atoms with Crippen LogP contribution in [0, 0.1) is 0 Å². The maximum atomic E-state index is 11.9. The maximum Gasteiger partial charge on any atom is 0.185 e. The molecule has 0 aliphatic carbocycles. The number of carbonyl (C=O) groups excluding carboxylic acids is 1. The molecule has 2 aromatic carbocycles. The lowest BCUT2D eigenvalue weighted by Gasteiger charge is -2.02. The second kappa shape index (κ2) is 6.52. The number of nitrogens with one attached hydrogen (secondary N) is 1.